The normalized spacial score (nSPS) is 18.8. The van der Waals surface area contributed by atoms with Crippen LogP contribution in [0.15, 0.2) is 18.3 Å². The summed E-state index contributed by atoms with van der Waals surface area (Å²) >= 11 is 0. The molecule has 3 rings (SSSR count). The molecule has 16 heavy (non-hydrogen) atoms. The van der Waals surface area contributed by atoms with E-state index in [1.807, 2.05) is 13.2 Å². The van der Waals surface area contributed by atoms with Crippen LogP contribution < -0.4 is 10.4 Å². The molecule has 0 atom stereocenters. The van der Waals surface area contributed by atoms with Gasteiger partial charge in [-0.15, -0.1) is 0 Å². The van der Waals surface area contributed by atoms with Gasteiger partial charge in [0.1, 0.15) is 0 Å². The molecule has 0 aliphatic carbocycles. The van der Waals surface area contributed by atoms with E-state index in [2.05, 4.69) is 27.6 Å². The van der Waals surface area contributed by atoms with Crippen molar-refractivity contribution in [3.05, 3.63) is 29.6 Å². The lowest BCUT2D eigenvalue weighted by molar-refractivity contribution is 0.216. The van der Waals surface area contributed by atoms with E-state index in [0.29, 0.717) is 6.61 Å². The number of rotatable bonds is 2. The second kappa shape index (κ2) is 3.88. The molecule has 0 fully saturated rings. The number of anilines is 1. The maximum Gasteiger partial charge on any atom is 0.0740 e. The van der Waals surface area contributed by atoms with Crippen molar-refractivity contribution in [1.82, 2.24) is 10.4 Å². The summed E-state index contributed by atoms with van der Waals surface area (Å²) in [6.45, 7) is 2.43. The van der Waals surface area contributed by atoms with Gasteiger partial charge in [-0.1, -0.05) is 6.08 Å². The summed E-state index contributed by atoms with van der Waals surface area (Å²) in [4.78, 5) is 4.50. The second-order valence-corrected chi connectivity index (χ2v) is 4.03. The monoisotopic (exact) mass is 217 g/mol. The van der Waals surface area contributed by atoms with Crippen LogP contribution in [0.1, 0.15) is 11.3 Å². The second-order valence-electron chi connectivity index (χ2n) is 4.03. The first-order valence-corrected chi connectivity index (χ1v) is 5.60. The molecule has 0 bridgehead atoms. The molecular weight excluding hydrogens is 202 g/mol. The lowest BCUT2D eigenvalue weighted by atomic mass is 10.1. The molecule has 1 N–H and O–H groups in total. The number of aromatic nitrogens is 1. The molecule has 0 aromatic carbocycles. The van der Waals surface area contributed by atoms with Crippen molar-refractivity contribution in [2.75, 3.05) is 31.8 Å². The highest BCUT2D eigenvalue weighted by Crippen LogP contribution is 2.32. The first kappa shape index (κ1) is 9.81. The number of pyridine rings is 1. The molecule has 0 spiro atoms. The van der Waals surface area contributed by atoms with E-state index in [0.717, 1.165) is 25.3 Å². The van der Waals surface area contributed by atoms with Gasteiger partial charge < -0.3 is 9.75 Å². The van der Waals surface area contributed by atoms with Gasteiger partial charge in [-0.25, -0.2) is 5.43 Å². The van der Waals surface area contributed by atoms with Crippen molar-refractivity contribution in [2.45, 2.75) is 6.42 Å². The largest absolute Gasteiger partial charge is 0.373 e. The van der Waals surface area contributed by atoms with E-state index in [1.165, 1.54) is 16.8 Å². The zero-order chi connectivity index (χ0) is 11.0. The molecule has 2 aliphatic rings. The van der Waals surface area contributed by atoms with Crippen LogP contribution >= 0.6 is 0 Å². The summed E-state index contributed by atoms with van der Waals surface area (Å²) in [5.41, 5.74) is 8.13. The van der Waals surface area contributed by atoms with Gasteiger partial charge in [0.25, 0.3) is 0 Å². The molecule has 0 radical (unpaired) electrons. The molecule has 0 unspecified atom stereocenters. The highest BCUT2D eigenvalue weighted by Gasteiger charge is 2.23. The van der Waals surface area contributed by atoms with Crippen molar-refractivity contribution >= 4 is 11.3 Å². The van der Waals surface area contributed by atoms with E-state index in [9.17, 15) is 0 Å². The van der Waals surface area contributed by atoms with E-state index in [1.54, 1.807) is 0 Å². The number of fused-ring (bicyclic) bond motifs is 1. The van der Waals surface area contributed by atoms with Gasteiger partial charge >= 0.3 is 0 Å². The van der Waals surface area contributed by atoms with Gasteiger partial charge in [-0.05, 0) is 12.5 Å². The Labute approximate surface area is 94.9 Å². The Balaban J connectivity index is 2.05. The van der Waals surface area contributed by atoms with Gasteiger partial charge in [-0.2, -0.15) is 0 Å². The van der Waals surface area contributed by atoms with Crippen molar-refractivity contribution in [1.29, 1.82) is 0 Å². The SMILES string of the molecule is CNN1CCc2c1ccnc2C1=CCOC1. The summed E-state index contributed by atoms with van der Waals surface area (Å²) < 4.78 is 5.36. The molecule has 0 amide bonds. The van der Waals surface area contributed by atoms with E-state index in [-0.39, 0.29) is 0 Å². The third-order valence-electron chi connectivity index (χ3n) is 3.19. The van der Waals surface area contributed by atoms with Crippen LogP contribution in [0.3, 0.4) is 0 Å². The highest BCUT2D eigenvalue weighted by molar-refractivity contribution is 5.73. The summed E-state index contributed by atoms with van der Waals surface area (Å²) in [6, 6.07) is 2.07. The van der Waals surface area contributed by atoms with Crippen LogP contribution in [0.25, 0.3) is 5.57 Å². The van der Waals surface area contributed by atoms with E-state index < -0.39 is 0 Å². The van der Waals surface area contributed by atoms with Gasteiger partial charge in [0.05, 0.1) is 24.6 Å². The third kappa shape index (κ3) is 1.42. The molecule has 0 saturated heterocycles. The number of hydrogen-bond acceptors (Lipinski definition) is 4. The number of hydrazine groups is 1. The van der Waals surface area contributed by atoms with E-state index >= 15 is 0 Å². The maximum atomic E-state index is 5.36. The molecule has 2 aliphatic heterocycles. The number of ether oxygens (including phenoxy) is 1. The first-order chi connectivity index (χ1) is 7.90. The molecule has 3 heterocycles. The molecule has 0 saturated carbocycles. The Morgan fingerprint density at radius 1 is 1.50 bits per heavy atom. The third-order valence-corrected chi connectivity index (χ3v) is 3.19. The Bertz CT molecular complexity index is 442. The Hall–Kier alpha value is -1.39. The summed E-state index contributed by atoms with van der Waals surface area (Å²) in [6.07, 6.45) is 5.06. The smallest absolute Gasteiger partial charge is 0.0740 e. The Morgan fingerprint density at radius 3 is 3.19 bits per heavy atom. The molecule has 84 valence electrons. The van der Waals surface area contributed by atoms with E-state index in [4.69, 9.17) is 4.74 Å². The predicted molar refractivity (Wildman–Crippen MR) is 63.1 cm³/mol. The number of hydrogen-bond donors (Lipinski definition) is 1. The molecule has 1 aromatic heterocycles. The summed E-state index contributed by atoms with van der Waals surface area (Å²) in [5, 5.41) is 2.16. The molecule has 4 nitrogen and oxygen atoms in total. The predicted octanol–water partition coefficient (Wildman–Crippen LogP) is 0.992. The lowest BCUT2D eigenvalue weighted by Gasteiger charge is -2.17. The summed E-state index contributed by atoms with van der Waals surface area (Å²) in [7, 11) is 1.95. The maximum absolute atomic E-state index is 5.36. The lowest BCUT2D eigenvalue weighted by Crippen LogP contribution is -2.32. The fourth-order valence-electron chi connectivity index (χ4n) is 2.39. The Kier molecular flexibility index (Phi) is 2.38. The zero-order valence-corrected chi connectivity index (χ0v) is 9.36. The van der Waals surface area contributed by atoms with Crippen LogP contribution in [0.2, 0.25) is 0 Å². The topological polar surface area (TPSA) is 37.4 Å². The van der Waals surface area contributed by atoms with Crippen LogP contribution in [0.5, 0.6) is 0 Å². The van der Waals surface area contributed by atoms with Crippen LogP contribution in [0.4, 0.5) is 5.69 Å². The quantitative estimate of drug-likeness (QED) is 0.801. The minimum Gasteiger partial charge on any atom is -0.373 e. The van der Waals surface area contributed by atoms with Gasteiger partial charge in [0.15, 0.2) is 0 Å². The fourth-order valence-corrected chi connectivity index (χ4v) is 2.39. The Morgan fingerprint density at radius 2 is 2.44 bits per heavy atom. The highest BCUT2D eigenvalue weighted by atomic mass is 16.5. The van der Waals surface area contributed by atoms with Gasteiger partial charge in [0, 0.05) is 30.9 Å². The number of nitrogens with one attached hydrogen (secondary N) is 1. The van der Waals surface area contributed by atoms with Crippen LogP contribution in [-0.4, -0.2) is 31.8 Å². The van der Waals surface area contributed by atoms with Crippen molar-refractivity contribution < 1.29 is 4.74 Å². The molecular formula is C12H15N3O. The first-order valence-electron chi connectivity index (χ1n) is 5.60. The van der Waals surface area contributed by atoms with Crippen LogP contribution in [-0.2, 0) is 11.2 Å². The van der Waals surface area contributed by atoms with Gasteiger partial charge in [-0.3, -0.25) is 4.98 Å². The van der Waals surface area contributed by atoms with Crippen LogP contribution in [0, 0.1) is 0 Å². The minimum absolute atomic E-state index is 0.697. The minimum atomic E-state index is 0.697. The molecule has 1 aromatic rings. The average Bonchev–Trinajstić information content (AvgIpc) is 2.97. The van der Waals surface area contributed by atoms with Crippen molar-refractivity contribution in [2.24, 2.45) is 0 Å². The zero-order valence-electron chi connectivity index (χ0n) is 9.36. The van der Waals surface area contributed by atoms with Crippen molar-refractivity contribution in [3.63, 3.8) is 0 Å². The molecule has 4 heteroatoms. The standard InChI is InChI=1S/C12H15N3O/c1-13-15-6-3-10-11(15)2-5-14-12(10)9-4-7-16-8-9/h2,4-5,13H,3,6-8H2,1H3. The average molecular weight is 217 g/mol. The van der Waals surface area contributed by atoms with Crippen molar-refractivity contribution in [3.8, 4) is 0 Å². The van der Waals surface area contributed by atoms with Gasteiger partial charge in [0.2, 0.25) is 0 Å². The fraction of sp³-hybridized carbons (Fsp3) is 0.417. The number of nitrogens with zero attached hydrogens (tertiary/aromatic N) is 2. The summed E-state index contributed by atoms with van der Waals surface area (Å²) in [5.74, 6) is 0.